The first-order chi connectivity index (χ1) is 7.81. The Morgan fingerprint density at radius 2 is 2.19 bits per heavy atom. The molecule has 1 saturated carbocycles. The second-order valence-corrected chi connectivity index (χ2v) is 4.46. The molecule has 0 saturated heterocycles. The lowest BCUT2D eigenvalue weighted by Crippen LogP contribution is -2.10. The van der Waals surface area contributed by atoms with Crippen molar-refractivity contribution < 1.29 is 4.52 Å². The maximum Gasteiger partial charge on any atom is 0.243 e. The smallest absolute Gasteiger partial charge is 0.243 e. The van der Waals surface area contributed by atoms with E-state index in [1.54, 1.807) is 6.08 Å². The number of nitrogens with zero attached hydrogens (tertiary/aromatic N) is 2. The van der Waals surface area contributed by atoms with Crippen LogP contribution in [0.4, 0.5) is 0 Å². The quantitative estimate of drug-likeness (QED) is 0.794. The summed E-state index contributed by atoms with van der Waals surface area (Å²) in [6, 6.07) is -0.206. The van der Waals surface area contributed by atoms with Gasteiger partial charge in [-0.05, 0) is 19.3 Å². The lowest BCUT2D eigenvalue weighted by Gasteiger charge is -2.17. The zero-order valence-corrected chi connectivity index (χ0v) is 9.56. The molecule has 1 unspecified atom stereocenters. The molecule has 1 atom stereocenters. The summed E-state index contributed by atoms with van der Waals surface area (Å²) in [5.41, 5.74) is 5.88. The summed E-state index contributed by atoms with van der Waals surface area (Å²) in [6.45, 7) is 3.65. The van der Waals surface area contributed by atoms with Crippen LogP contribution in [0, 0.1) is 0 Å². The number of rotatable bonds is 4. The fourth-order valence-corrected chi connectivity index (χ4v) is 2.20. The molecule has 0 bridgehead atoms. The summed E-state index contributed by atoms with van der Waals surface area (Å²) in [7, 11) is 0. The molecule has 0 amide bonds. The van der Waals surface area contributed by atoms with E-state index in [9.17, 15) is 0 Å². The molecule has 2 rings (SSSR count). The van der Waals surface area contributed by atoms with E-state index in [2.05, 4.69) is 16.7 Å². The van der Waals surface area contributed by atoms with Gasteiger partial charge < -0.3 is 10.3 Å². The summed E-state index contributed by atoms with van der Waals surface area (Å²) in [5, 5.41) is 4.04. The maximum atomic E-state index is 5.88. The first-order valence-corrected chi connectivity index (χ1v) is 6.01. The average molecular weight is 221 g/mol. The van der Waals surface area contributed by atoms with Crippen molar-refractivity contribution in [1.29, 1.82) is 0 Å². The molecule has 1 aliphatic rings. The summed E-state index contributed by atoms with van der Waals surface area (Å²) >= 11 is 0. The van der Waals surface area contributed by atoms with Gasteiger partial charge in [-0.2, -0.15) is 4.98 Å². The molecule has 88 valence electrons. The van der Waals surface area contributed by atoms with Gasteiger partial charge >= 0.3 is 0 Å². The molecule has 0 aromatic carbocycles. The standard InChI is InChI=1S/C12H19N3O/c1-2-6-10(13)12-14-11(15-16-12)9-7-4-3-5-8-9/h2,9-10H,1,3-8,13H2. The second-order valence-electron chi connectivity index (χ2n) is 4.46. The van der Waals surface area contributed by atoms with Crippen LogP contribution in [0.2, 0.25) is 0 Å². The Morgan fingerprint density at radius 3 is 2.88 bits per heavy atom. The highest BCUT2D eigenvalue weighted by atomic mass is 16.5. The Hall–Kier alpha value is -1.16. The molecule has 0 spiro atoms. The zero-order chi connectivity index (χ0) is 11.4. The van der Waals surface area contributed by atoms with Gasteiger partial charge in [0.1, 0.15) is 0 Å². The van der Waals surface area contributed by atoms with Gasteiger partial charge in [0.2, 0.25) is 5.89 Å². The van der Waals surface area contributed by atoms with Crippen LogP contribution in [-0.4, -0.2) is 10.1 Å². The van der Waals surface area contributed by atoms with E-state index in [0.717, 1.165) is 5.82 Å². The minimum absolute atomic E-state index is 0.206. The summed E-state index contributed by atoms with van der Waals surface area (Å²) < 4.78 is 5.20. The zero-order valence-electron chi connectivity index (χ0n) is 9.56. The van der Waals surface area contributed by atoms with Crippen molar-refractivity contribution in [1.82, 2.24) is 10.1 Å². The van der Waals surface area contributed by atoms with Gasteiger partial charge in [-0.1, -0.05) is 30.5 Å². The fourth-order valence-electron chi connectivity index (χ4n) is 2.20. The molecule has 4 nitrogen and oxygen atoms in total. The minimum Gasteiger partial charge on any atom is -0.338 e. The molecule has 1 fully saturated rings. The van der Waals surface area contributed by atoms with Crippen molar-refractivity contribution in [2.75, 3.05) is 0 Å². The van der Waals surface area contributed by atoms with Gasteiger partial charge in [0.15, 0.2) is 5.82 Å². The normalized spacial score (nSPS) is 19.6. The molecule has 16 heavy (non-hydrogen) atoms. The van der Waals surface area contributed by atoms with Crippen LogP contribution in [0.15, 0.2) is 17.2 Å². The fraction of sp³-hybridized carbons (Fsp3) is 0.667. The Balaban J connectivity index is 2.03. The highest BCUT2D eigenvalue weighted by Gasteiger charge is 2.22. The first kappa shape index (κ1) is 11.3. The van der Waals surface area contributed by atoms with Crippen molar-refractivity contribution >= 4 is 0 Å². The van der Waals surface area contributed by atoms with Crippen LogP contribution in [0.1, 0.15) is 62.2 Å². The third kappa shape index (κ3) is 2.50. The van der Waals surface area contributed by atoms with Gasteiger partial charge in [0.25, 0.3) is 0 Å². The lowest BCUT2D eigenvalue weighted by molar-refractivity contribution is 0.342. The van der Waals surface area contributed by atoms with Crippen molar-refractivity contribution in [3.8, 4) is 0 Å². The molecule has 4 heteroatoms. The third-order valence-corrected chi connectivity index (χ3v) is 3.17. The summed E-state index contributed by atoms with van der Waals surface area (Å²) in [6.07, 6.45) is 8.67. The van der Waals surface area contributed by atoms with Gasteiger partial charge in [-0.3, -0.25) is 0 Å². The second kappa shape index (κ2) is 5.25. The van der Waals surface area contributed by atoms with Crippen molar-refractivity contribution in [3.63, 3.8) is 0 Å². The Bertz CT molecular complexity index is 342. The monoisotopic (exact) mass is 221 g/mol. The molecule has 0 aliphatic heterocycles. The highest BCUT2D eigenvalue weighted by molar-refractivity contribution is 5.00. The van der Waals surface area contributed by atoms with Crippen LogP contribution in [-0.2, 0) is 0 Å². The Labute approximate surface area is 95.9 Å². The van der Waals surface area contributed by atoms with Crippen molar-refractivity contribution in [2.24, 2.45) is 5.73 Å². The van der Waals surface area contributed by atoms with Crippen LogP contribution < -0.4 is 5.73 Å². The molecular weight excluding hydrogens is 202 g/mol. The van der Waals surface area contributed by atoms with Gasteiger partial charge in [0, 0.05) is 5.92 Å². The predicted molar refractivity (Wildman–Crippen MR) is 61.9 cm³/mol. The predicted octanol–water partition coefficient (Wildman–Crippen LogP) is 2.69. The van der Waals surface area contributed by atoms with E-state index in [1.165, 1.54) is 32.1 Å². The molecule has 1 aromatic rings. The molecule has 1 aliphatic carbocycles. The van der Waals surface area contributed by atoms with Crippen LogP contribution in [0.25, 0.3) is 0 Å². The molecular formula is C12H19N3O. The maximum absolute atomic E-state index is 5.88. The number of aromatic nitrogens is 2. The van der Waals surface area contributed by atoms with E-state index < -0.39 is 0 Å². The van der Waals surface area contributed by atoms with Gasteiger partial charge in [0.05, 0.1) is 6.04 Å². The number of hydrogen-bond acceptors (Lipinski definition) is 4. The Morgan fingerprint density at radius 1 is 1.44 bits per heavy atom. The van der Waals surface area contributed by atoms with Gasteiger partial charge in [-0.15, -0.1) is 6.58 Å². The minimum atomic E-state index is -0.206. The van der Waals surface area contributed by atoms with Crippen LogP contribution in [0.3, 0.4) is 0 Å². The summed E-state index contributed by atoms with van der Waals surface area (Å²) in [4.78, 5) is 4.40. The van der Waals surface area contributed by atoms with E-state index in [-0.39, 0.29) is 6.04 Å². The van der Waals surface area contributed by atoms with E-state index in [1.807, 2.05) is 0 Å². The van der Waals surface area contributed by atoms with Crippen molar-refractivity contribution in [3.05, 3.63) is 24.4 Å². The molecule has 1 aromatic heterocycles. The Kier molecular flexibility index (Phi) is 3.72. The third-order valence-electron chi connectivity index (χ3n) is 3.17. The first-order valence-electron chi connectivity index (χ1n) is 6.01. The number of nitrogens with two attached hydrogens (primary N) is 1. The SMILES string of the molecule is C=CCC(N)c1nc(C2CCCCC2)no1. The van der Waals surface area contributed by atoms with Crippen LogP contribution in [0.5, 0.6) is 0 Å². The molecule has 0 radical (unpaired) electrons. The molecule has 1 heterocycles. The topological polar surface area (TPSA) is 64.9 Å². The van der Waals surface area contributed by atoms with Gasteiger partial charge in [-0.25, -0.2) is 0 Å². The molecule has 2 N–H and O–H groups in total. The van der Waals surface area contributed by atoms with E-state index in [0.29, 0.717) is 18.2 Å². The average Bonchev–Trinajstić information content (AvgIpc) is 2.80. The number of hydrogen-bond donors (Lipinski definition) is 1. The summed E-state index contributed by atoms with van der Waals surface area (Å²) in [5.74, 6) is 1.86. The largest absolute Gasteiger partial charge is 0.338 e. The lowest BCUT2D eigenvalue weighted by atomic mass is 9.89. The highest BCUT2D eigenvalue weighted by Crippen LogP contribution is 2.31. The van der Waals surface area contributed by atoms with Crippen molar-refractivity contribution in [2.45, 2.75) is 50.5 Å². The van der Waals surface area contributed by atoms with Crippen LogP contribution >= 0.6 is 0 Å². The van der Waals surface area contributed by atoms with E-state index in [4.69, 9.17) is 10.3 Å². The van der Waals surface area contributed by atoms with E-state index >= 15 is 0 Å².